The highest BCUT2D eigenvalue weighted by Gasteiger charge is 2.32. The number of hydrogen-bond donors (Lipinski definition) is 1. The maximum absolute atomic E-state index is 4.34. The molecule has 0 saturated heterocycles. The van der Waals surface area contributed by atoms with Crippen molar-refractivity contribution in [2.24, 2.45) is 0 Å². The number of nitrogens with one attached hydrogen (secondary N) is 1. The number of aromatic nitrogens is 2. The summed E-state index contributed by atoms with van der Waals surface area (Å²) in [4.78, 5) is 4.34. The molecule has 1 N–H and O–H groups in total. The molecule has 1 aliphatic carbocycles. The van der Waals surface area contributed by atoms with Gasteiger partial charge in [0, 0.05) is 23.8 Å². The summed E-state index contributed by atoms with van der Waals surface area (Å²) in [6.45, 7) is 9.82. The van der Waals surface area contributed by atoms with Gasteiger partial charge in [0.05, 0.1) is 12.0 Å². The van der Waals surface area contributed by atoms with Crippen molar-refractivity contribution in [2.75, 3.05) is 0 Å². The van der Waals surface area contributed by atoms with E-state index in [1.165, 1.54) is 25.0 Å². The molecule has 2 rings (SSSR count). The predicted octanol–water partition coefficient (Wildman–Crippen LogP) is 2.42. The van der Waals surface area contributed by atoms with E-state index in [1.807, 2.05) is 6.33 Å². The van der Waals surface area contributed by atoms with Crippen molar-refractivity contribution in [1.29, 1.82) is 0 Å². The van der Waals surface area contributed by atoms with Gasteiger partial charge in [-0.1, -0.05) is 0 Å². The molecule has 1 atom stereocenters. The lowest BCUT2D eigenvalue weighted by atomic mass is 9.78. The van der Waals surface area contributed by atoms with E-state index in [2.05, 4.69) is 42.6 Å². The number of aryl methyl sites for hydroxylation is 1. The molecule has 16 heavy (non-hydrogen) atoms. The quantitative estimate of drug-likeness (QED) is 0.846. The highest BCUT2D eigenvalue weighted by Crippen LogP contribution is 2.31. The first-order valence-electron chi connectivity index (χ1n) is 6.26. The molecule has 3 heteroatoms. The lowest BCUT2D eigenvalue weighted by Gasteiger charge is -2.41. The Bertz CT molecular complexity index is 363. The van der Waals surface area contributed by atoms with Crippen molar-refractivity contribution >= 4 is 0 Å². The first-order chi connectivity index (χ1) is 7.50. The van der Waals surface area contributed by atoms with Crippen LogP contribution in [-0.2, 0) is 6.54 Å². The molecule has 1 unspecified atom stereocenters. The molecule has 1 aromatic rings. The monoisotopic (exact) mass is 221 g/mol. The highest BCUT2D eigenvalue weighted by atomic mass is 15.1. The Morgan fingerprint density at radius 3 is 2.62 bits per heavy atom. The molecule has 0 radical (unpaired) electrons. The number of nitrogens with zero attached hydrogens (tertiary/aromatic N) is 2. The van der Waals surface area contributed by atoms with Crippen LogP contribution in [0.5, 0.6) is 0 Å². The molecule has 0 aliphatic heterocycles. The molecule has 1 aromatic heterocycles. The van der Waals surface area contributed by atoms with E-state index in [-0.39, 0.29) is 0 Å². The summed E-state index contributed by atoms with van der Waals surface area (Å²) >= 11 is 0. The minimum atomic E-state index is 0.392. The van der Waals surface area contributed by atoms with Crippen LogP contribution in [0.1, 0.15) is 44.5 Å². The van der Waals surface area contributed by atoms with Crippen LogP contribution in [0.2, 0.25) is 0 Å². The molecule has 1 saturated carbocycles. The first-order valence-corrected chi connectivity index (χ1v) is 6.26. The molecule has 0 bridgehead atoms. The second-order valence-electron chi connectivity index (χ2n) is 5.53. The molecule has 1 aliphatic rings. The van der Waals surface area contributed by atoms with Crippen LogP contribution in [0.3, 0.4) is 0 Å². The van der Waals surface area contributed by atoms with Gasteiger partial charge in [-0.3, -0.25) is 0 Å². The van der Waals surface area contributed by atoms with E-state index in [0.717, 1.165) is 12.2 Å². The Morgan fingerprint density at radius 2 is 2.19 bits per heavy atom. The molecule has 1 fully saturated rings. The van der Waals surface area contributed by atoms with Crippen molar-refractivity contribution in [3.63, 3.8) is 0 Å². The predicted molar refractivity (Wildman–Crippen MR) is 66.6 cm³/mol. The molecular weight excluding hydrogens is 198 g/mol. The third kappa shape index (κ3) is 2.29. The fourth-order valence-electron chi connectivity index (χ4n) is 2.52. The Labute approximate surface area is 98.3 Å². The van der Waals surface area contributed by atoms with Crippen LogP contribution < -0.4 is 5.32 Å². The highest BCUT2D eigenvalue weighted by molar-refractivity contribution is 5.08. The second-order valence-corrected chi connectivity index (χ2v) is 5.53. The Morgan fingerprint density at radius 1 is 1.50 bits per heavy atom. The minimum Gasteiger partial charge on any atom is -0.333 e. The normalized spacial score (nSPS) is 20.5. The Balaban J connectivity index is 1.92. The fraction of sp³-hybridized carbons (Fsp3) is 0.769. The van der Waals surface area contributed by atoms with E-state index < -0.39 is 0 Å². The number of imidazole rings is 1. The zero-order valence-corrected chi connectivity index (χ0v) is 10.9. The molecule has 0 spiro atoms. The molecular formula is C13H23N3. The third-order valence-electron chi connectivity index (χ3n) is 3.87. The van der Waals surface area contributed by atoms with Gasteiger partial charge in [0.1, 0.15) is 0 Å². The second kappa shape index (κ2) is 4.21. The van der Waals surface area contributed by atoms with Gasteiger partial charge in [0.15, 0.2) is 0 Å². The topological polar surface area (TPSA) is 29.9 Å². The summed E-state index contributed by atoms with van der Waals surface area (Å²) < 4.78 is 2.25. The maximum Gasteiger partial charge on any atom is 0.0951 e. The zero-order valence-electron chi connectivity index (χ0n) is 10.9. The lowest BCUT2D eigenvalue weighted by molar-refractivity contribution is 0.183. The lowest BCUT2D eigenvalue weighted by Crippen LogP contribution is -2.52. The summed E-state index contributed by atoms with van der Waals surface area (Å²) in [6, 6.07) is 0.512. The largest absolute Gasteiger partial charge is 0.333 e. The third-order valence-corrected chi connectivity index (χ3v) is 3.87. The van der Waals surface area contributed by atoms with Crippen LogP contribution in [0.15, 0.2) is 6.33 Å². The standard InChI is InChI=1S/C13H23N3/c1-10(15-13(4)6-5-7-13)8-16-9-14-11(2)12(16)3/h9-10,15H,5-8H2,1-4H3. The van der Waals surface area contributed by atoms with E-state index in [9.17, 15) is 0 Å². The van der Waals surface area contributed by atoms with Gasteiger partial charge in [-0.25, -0.2) is 4.98 Å². The van der Waals surface area contributed by atoms with Crippen LogP contribution in [-0.4, -0.2) is 21.1 Å². The van der Waals surface area contributed by atoms with E-state index in [0.29, 0.717) is 11.6 Å². The van der Waals surface area contributed by atoms with Gasteiger partial charge in [-0.2, -0.15) is 0 Å². The molecule has 1 heterocycles. The average Bonchev–Trinajstić information content (AvgIpc) is 2.47. The van der Waals surface area contributed by atoms with Crippen molar-refractivity contribution in [3.05, 3.63) is 17.7 Å². The maximum atomic E-state index is 4.34. The summed E-state index contributed by atoms with van der Waals surface area (Å²) in [5.74, 6) is 0. The minimum absolute atomic E-state index is 0.392. The van der Waals surface area contributed by atoms with Gasteiger partial charge in [0.2, 0.25) is 0 Å². The van der Waals surface area contributed by atoms with Crippen LogP contribution in [0, 0.1) is 13.8 Å². The van der Waals surface area contributed by atoms with E-state index >= 15 is 0 Å². The van der Waals surface area contributed by atoms with Crippen molar-refractivity contribution in [2.45, 2.75) is 65.1 Å². The molecule has 0 aromatic carbocycles. The fourth-order valence-corrected chi connectivity index (χ4v) is 2.52. The molecule has 90 valence electrons. The van der Waals surface area contributed by atoms with E-state index in [4.69, 9.17) is 0 Å². The van der Waals surface area contributed by atoms with Gasteiger partial charge >= 0.3 is 0 Å². The summed E-state index contributed by atoms with van der Waals surface area (Å²) in [5.41, 5.74) is 2.82. The zero-order chi connectivity index (χ0) is 11.8. The summed E-state index contributed by atoms with van der Waals surface area (Å²) in [5, 5.41) is 3.73. The van der Waals surface area contributed by atoms with Crippen molar-refractivity contribution in [1.82, 2.24) is 14.9 Å². The summed E-state index contributed by atoms with van der Waals surface area (Å²) in [6.07, 6.45) is 5.96. The van der Waals surface area contributed by atoms with Crippen LogP contribution in [0.25, 0.3) is 0 Å². The van der Waals surface area contributed by atoms with Crippen LogP contribution in [0.4, 0.5) is 0 Å². The van der Waals surface area contributed by atoms with E-state index in [1.54, 1.807) is 0 Å². The SMILES string of the molecule is Cc1ncn(CC(C)NC2(C)CCC2)c1C. The van der Waals surface area contributed by atoms with Gasteiger partial charge in [0.25, 0.3) is 0 Å². The number of hydrogen-bond acceptors (Lipinski definition) is 2. The average molecular weight is 221 g/mol. The van der Waals surface area contributed by atoms with Gasteiger partial charge < -0.3 is 9.88 Å². The Kier molecular flexibility index (Phi) is 3.06. The van der Waals surface area contributed by atoms with Crippen molar-refractivity contribution < 1.29 is 0 Å². The van der Waals surface area contributed by atoms with Crippen LogP contribution >= 0.6 is 0 Å². The molecule has 3 nitrogen and oxygen atoms in total. The smallest absolute Gasteiger partial charge is 0.0951 e. The Hall–Kier alpha value is -0.830. The molecule has 0 amide bonds. The van der Waals surface area contributed by atoms with Gasteiger partial charge in [-0.05, 0) is 47.0 Å². The summed E-state index contributed by atoms with van der Waals surface area (Å²) in [7, 11) is 0. The van der Waals surface area contributed by atoms with Gasteiger partial charge in [-0.15, -0.1) is 0 Å². The van der Waals surface area contributed by atoms with Crippen molar-refractivity contribution in [3.8, 4) is 0 Å². The first kappa shape index (κ1) is 11.6. The number of rotatable bonds is 4.